The molecule has 0 spiro atoms. The monoisotopic (exact) mass is 201 g/mol. The number of carbonyl (C=O) groups excluding carboxylic acids is 3. The van der Waals surface area contributed by atoms with E-state index in [4.69, 9.17) is 10.8 Å². The minimum atomic E-state index is -1.51. The van der Waals surface area contributed by atoms with Gasteiger partial charge < -0.3 is 15.7 Å². The standard InChI is InChI=1S/C7H11N3O4/c1-9-3-5(12)10(7(9)14)2-4(11)6(8)13/h4,11H,2-3H2,1H3,(H2,8,13)/t4-/m0/s1. The van der Waals surface area contributed by atoms with E-state index >= 15 is 0 Å². The number of likely N-dealkylation sites (N-methyl/N-ethyl adjacent to an activating group) is 1. The van der Waals surface area contributed by atoms with E-state index in [2.05, 4.69) is 0 Å². The highest BCUT2D eigenvalue weighted by Crippen LogP contribution is 2.08. The van der Waals surface area contributed by atoms with Gasteiger partial charge in [-0.2, -0.15) is 0 Å². The number of aliphatic hydroxyl groups is 1. The lowest BCUT2D eigenvalue weighted by molar-refractivity contribution is -0.130. The molecular formula is C7H11N3O4. The van der Waals surface area contributed by atoms with Crippen LogP contribution >= 0.6 is 0 Å². The van der Waals surface area contributed by atoms with Crippen molar-refractivity contribution in [3.05, 3.63) is 0 Å². The van der Waals surface area contributed by atoms with Gasteiger partial charge in [-0.15, -0.1) is 0 Å². The van der Waals surface area contributed by atoms with Gasteiger partial charge >= 0.3 is 6.03 Å². The highest BCUT2D eigenvalue weighted by Gasteiger charge is 2.35. The van der Waals surface area contributed by atoms with E-state index in [1.54, 1.807) is 0 Å². The molecule has 0 unspecified atom stereocenters. The van der Waals surface area contributed by atoms with E-state index in [1.165, 1.54) is 11.9 Å². The van der Waals surface area contributed by atoms with Crippen molar-refractivity contribution in [3.8, 4) is 0 Å². The number of imide groups is 1. The number of β-amino-alcohol motifs (C(OH)–C–C–N with tert-alkyl or cyclic N) is 1. The zero-order chi connectivity index (χ0) is 10.9. The van der Waals surface area contributed by atoms with Crippen molar-refractivity contribution in [3.63, 3.8) is 0 Å². The average Bonchev–Trinajstić information content (AvgIpc) is 2.32. The Morgan fingerprint density at radius 3 is 2.57 bits per heavy atom. The molecule has 4 amide bonds. The van der Waals surface area contributed by atoms with Crippen LogP contribution in [0.4, 0.5) is 4.79 Å². The molecule has 0 bridgehead atoms. The van der Waals surface area contributed by atoms with Gasteiger partial charge in [0.25, 0.3) is 0 Å². The van der Waals surface area contributed by atoms with Gasteiger partial charge in [0.15, 0.2) is 6.10 Å². The number of nitrogens with zero attached hydrogens (tertiary/aromatic N) is 2. The Morgan fingerprint density at radius 1 is 1.64 bits per heavy atom. The number of primary amides is 1. The largest absolute Gasteiger partial charge is 0.381 e. The van der Waals surface area contributed by atoms with Crippen molar-refractivity contribution in [1.29, 1.82) is 0 Å². The maximum absolute atomic E-state index is 11.2. The summed E-state index contributed by atoms with van der Waals surface area (Å²) in [6, 6.07) is -0.532. The molecule has 7 heteroatoms. The summed E-state index contributed by atoms with van der Waals surface area (Å²) in [6.07, 6.45) is -1.51. The second kappa shape index (κ2) is 3.62. The predicted octanol–water partition coefficient (Wildman–Crippen LogP) is -2.27. The maximum Gasteiger partial charge on any atom is 0.327 e. The topological polar surface area (TPSA) is 104 Å². The third-order valence-corrected chi connectivity index (χ3v) is 1.91. The van der Waals surface area contributed by atoms with Crippen LogP contribution in [0.25, 0.3) is 0 Å². The molecule has 1 aliphatic heterocycles. The van der Waals surface area contributed by atoms with E-state index in [-0.39, 0.29) is 13.1 Å². The van der Waals surface area contributed by atoms with E-state index in [0.29, 0.717) is 0 Å². The molecule has 3 N–H and O–H groups in total. The number of hydrogen-bond donors (Lipinski definition) is 2. The van der Waals surface area contributed by atoms with Gasteiger partial charge in [0.05, 0.1) is 6.54 Å². The molecule has 0 aromatic rings. The van der Waals surface area contributed by atoms with Crippen LogP contribution in [0.1, 0.15) is 0 Å². The Bertz CT molecular complexity index is 291. The minimum Gasteiger partial charge on any atom is -0.381 e. The zero-order valence-electron chi connectivity index (χ0n) is 7.64. The molecule has 1 fully saturated rings. The number of amides is 4. The minimum absolute atomic E-state index is 0.0374. The first-order valence-electron chi connectivity index (χ1n) is 3.96. The maximum atomic E-state index is 11.2. The molecule has 0 saturated carbocycles. The summed E-state index contributed by atoms with van der Waals surface area (Å²) >= 11 is 0. The Kier molecular flexibility index (Phi) is 2.70. The normalized spacial score (nSPS) is 19.0. The molecule has 0 radical (unpaired) electrons. The van der Waals surface area contributed by atoms with Crippen LogP contribution in [0.15, 0.2) is 0 Å². The Morgan fingerprint density at radius 2 is 2.21 bits per heavy atom. The number of carbonyl (C=O) groups is 3. The fourth-order valence-corrected chi connectivity index (χ4v) is 1.11. The molecule has 0 aromatic carbocycles. The summed E-state index contributed by atoms with van der Waals surface area (Å²) in [5.41, 5.74) is 4.79. The van der Waals surface area contributed by atoms with Gasteiger partial charge in [0, 0.05) is 7.05 Å². The van der Waals surface area contributed by atoms with Crippen molar-refractivity contribution in [2.45, 2.75) is 6.10 Å². The summed E-state index contributed by atoms with van der Waals surface area (Å²) < 4.78 is 0. The first kappa shape index (κ1) is 10.5. The van der Waals surface area contributed by atoms with Crippen molar-refractivity contribution >= 4 is 17.8 Å². The third kappa shape index (κ3) is 1.82. The quantitative estimate of drug-likeness (QED) is 0.502. The molecule has 1 rings (SSSR count). The van der Waals surface area contributed by atoms with Crippen LogP contribution in [0, 0.1) is 0 Å². The highest BCUT2D eigenvalue weighted by atomic mass is 16.3. The van der Waals surface area contributed by atoms with E-state index in [9.17, 15) is 14.4 Å². The van der Waals surface area contributed by atoms with Crippen LogP contribution in [-0.4, -0.2) is 59.0 Å². The Balaban J connectivity index is 2.65. The molecule has 7 nitrogen and oxygen atoms in total. The Labute approximate surface area is 80.1 Å². The van der Waals surface area contributed by atoms with Crippen LogP contribution in [-0.2, 0) is 9.59 Å². The number of hydrogen-bond acceptors (Lipinski definition) is 4. The smallest absolute Gasteiger partial charge is 0.327 e. The van der Waals surface area contributed by atoms with Crippen LogP contribution in [0.2, 0.25) is 0 Å². The van der Waals surface area contributed by atoms with Gasteiger partial charge in [-0.25, -0.2) is 4.79 Å². The average molecular weight is 201 g/mol. The third-order valence-electron chi connectivity index (χ3n) is 1.91. The van der Waals surface area contributed by atoms with E-state index < -0.39 is 23.9 Å². The molecular weight excluding hydrogens is 190 g/mol. The summed E-state index contributed by atoms with van der Waals surface area (Å²) in [4.78, 5) is 34.9. The first-order chi connectivity index (χ1) is 6.43. The van der Waals surface area contributed by atoms with E-state index in [1.807, 2.05) is 0 Å². The lowest BCUT2D eigenvalue weighted by atomic mass is 10.3. The highest BCUT2D eigenvalue weighted by molar-refractivity contribution is 6.02. The van der Waals surface area contributed by atoms with Crippen molar-refractivity contribution < 1.29 is 19.5 Å². The van der Waals surface area contributed by atoms with Crippen LogP contribution < -0.4 is 5.73 Å². The molecule has 1 aliphatic rings. The number of aliphatic hydroxyl groups excluding tert-OH is 1. The predicted molar refractivity (Wildman–Crippen MR) is 44.9 cm³/mol. The van der Waals surface area contributed by atoms with Crippen LogP contribution in [0.3, 0.4) is 0 Å². The van der Waals surface area contributed by atoms with Gasteiger partial charge in [-0.05, 0) is 0 Å². The fourth-order valence-electron chi connectivity index (χ4n) is 1.11. The van der Waals surface area contributed by atoms with Crippen LogP contribution in [0.5, 0.6) is 0 Å². The number of nitrogens with two attached hydrogens (primary N) is 1. The number of urea groups is 1. The van der Waals surface area contributed by atoms with Crippen molar-refractivity contribution in [2.24, 2.45) is 5.73 Å². The van der Waals surface area contributed by atoms with Gasteiger partial charge in [-0.1, -0.05) is 0 Å². The van der Waals surface area contributed by atoms with E-state index in [0.717, 1.165) is 4.90 Å². The second-order valence-electron chi connectivity index (χ2n) is 3.06. The van der Waals surface area contributed by atoms with Crippen molar-refractivity contribution in [1.82, 2.24) is 9.80 Å². The van der Waals surface area contributed by atoms with Gasteiger partial charge in [-0.3, -0.25) is 14.5 Å². The van der Waals surface area contributed by atoms with Gasteiger partial charge in [0.1, 0.15) is 6.54 Å². The summed E-state index contributed by atoms with van der Waals surface area (Å²) in [5.74, 6) is -1.40. The lowest BCUT2D eigenvalue weighted by Gasteiger charge is -2.15. The SMILES string of the molecule is CN1CC(=O)N(C[C@H](O)C(N)=O)C1=O. The Hall–Kier alpha value is -1.63. The molecule has 1 saturated heterocycles. The molecule has 0 aliphatic carbocycles. The molecule has 0 aromatic heterocycles. The van der Waals surface area contributed by atoms with Gasteiger partial charge in [0.2, 0.25) is 11.8 Å². The molecule has 1 atom stereocenters. The lowest BCUT2D eigenvalue weighted by Crippen LogP contribution is -2.43. The molecule has 78 valence electrons. The summed E-state index contributed by atoms with van der Waals surface area (Å²) in [7, 11) is 1.46. The number of rotatable bonds is 3. The zero-order valence-corrected chi connectivity index (χ0v) is 7.64. The summed E-state index contributed by atoms with van der Waals surface area (Å²) in [5, 5.41) is 9.07. The molecule has 14 heavy (non-hydrogen) atoms. The molecule has 1 heterocycles. The second-order valence-corrected chi connectivity index (χ2v) is 3.06. The van der Waals surface area contributed by atoms with Crippen molar-refractivity contribution in [2.75, 3.05) is 20.1 Å². The fraction of sp³-hybridized carbons (Fsp3) is 0.571. The summed E-state index contributed by atoms with van der Waals surface area (Å²) in [6.45, 7) is -0.415. The first-order valence-corrected chi connectivity index (χ1v) is 3.96.